The number of carbonyl (C=O) groups is 2. The van der Waals surface area contributed by atoms with Gasteiger partial charge in [0.05, 0.1) is 18.2 Å². The van der Waals surface area contributed by atoms with Crippen molar-refractivity contribution in [1.82, 2.24) is 0 Å². The van der Waals surface area contributed by atoms with Crippen LogP contribution in [0, 0.1) is 6.92 Å². The number of methoxy groups -OCH3 is 1. The summed E-state index contributed by atoms with van der Waals surface area (Å²) < 4.78 is 17.4. The second-order valence-electron chi connectivity index (χ2n) is 6.67. The highest BCUT2D eigenvalue weighted by atomic mass is 79.9. The Morgan fingerprint density at radius 3 is 2.37 bits per heavy atom. The SMILES string of the molecule is COc1ccc(C(=O)Oc2ccc3c(c2C)O/C(=C\c2ccc(Br)cc2)C3=O)cc1. The highest BCUT2D eigenvalue weighted by Crippen LogP contribution is 2.39. The van der Waals surface area contributed by atoms with Gasteiger partial charge in [0.2, 0.25) is 5.78 Å². The molecule has 0 N–H and O–H groups in total. The van der Waals surface area contributed by atoms with E-state index in [0.717, 1.165) is 10.0 Å². The standard InChI is InChI=1S/C24H17BrO5/c1-14-20(30-24(27)16-5-9-18(28-2)10-6-16)12-11-19-22(26)21(29-23(14)19)13-15-3-7-17(25)8-4-15/h3-13H,1-2H3/b21-13-. The van der Waals surface area contributed by atoms with Crippen molar-refractivity contribution < 1.29 is 23.8 Å². The molecule has 1 aliphatic rings. The maximum atomic E-state index is 12.7. The lowest BCUT2D eigenvalue weighted by Crippen LogP contribution is -2.09. The van der Waals surface area contributed by atoms with Crippen molar-refractivity contribution in [3.8, 4) is 17.2 Å². The lowest BCUT2D eigenvalue weighted by Gasteiger charge is -2.10. The van der Waals surface area contributed by atoms with Gasteiger partial charge < -0.3 is 14.2 Å². The number of rotatable bonds is 4. The zero-order chi connectivity index (χ0) is 21.3. The molecule has 0 saturated heterocycles. The van der Waals surface area contributed by atoms with Gasteiger partial charge in [-0.05, 0) is 67.1 Å². The molecule has 0 spiro atoms. The topological polar surface area (TPSA) is 61.8 Å². The molecule has 0 saturated carbocycles. The van der Waals surface area contributed by atoms with Crippen molar-refractivity contribution in [3.05, 3.63) is 93.1 Å². The van der Waals surface area contributed by atoms with Gasteiger partial charge in [0, 0.05) is 10.0 Å². The molecular weight excluding hydrogens is 448 g/mol. The van der Waals surface area contributed by atoms with E-state index in [1.807, 2.05) is 24.3 Å². The summed E-state index contributed by atoms with van der Waals surface area (Å²) in [5, 5.41) is 0. The molecule has 1 heterocycles. The van der Waals surface area contributed by atoms with Crippen molar-refractivity contribution in [2.45, 2.75) is 6.92 Å². The average Bonchev–Trinajstić information content (AvgIpc) is 3.08. The van der Waals surface area contributed by atoms with Crippen LogP contribution in [0.2, 0.25) is 0 Å². The Kier molecular flexibility index (Phi) is 5.42. The van der Waals surface area contributed by atoms with E-state index < -0.39 is 5.97 Å². The normalized spacial score (nSPS) is 13.7. The van der Waals surface area contributed by atoms with Gasteiger partial charge in [0.25, 0.3) is 0 Å². The first kappa shape index (κ1) is 19.9. The van der Waals surface area contributed by atoms with Gasteiger partial charge in [-0.2, -0.15) is 0 Å². The van der Waals surface area contributed by atoms with Crippen molar-refractivity contribution in [3.63, 3.8) is 0 Å². The molecule has 0 fully saturated rings. The van der Waals surface area contributed by atoms with Crippen LogP contribution in [0.4, 0.5) is 0 Å². The third-order valence-corrected chi connectivity index (χ3v) is 5.26. The molecule has 0 aromatic heterocycles. The number of hydrogen-bond acceptors (Lipinski definition) is 5. The Hall–Kier alpha value is -3.38. The molecule has 30 heavy (non-hydrogen) atoms. The summed E-state index contributed by atoms with van der Waals surface area (Å²) in [6.07, 6.45) is 1.69. The smallest absolute Gasteiger partial charge is 0.343 e. The molecular formula is C24H17BrO5. The van der Waals surface area contributed by atoms with Crippen LogP contribution >= 0.6 is 15.9 Å². The number of hydrogen-bond donors (Lipinski definition) is 0. The van der Waals surface area contributed by atoms with Gasteiger partial charge >= 0.3 is 5.97 Å². The fourth-order valence-corrected chi connectivity index (χ4v) is 3.34. The van der Waals surface area contributed by atoms with Crippen LogP contribution in [0.3, 0.4) is 0 Å². The van der Waals surface area contributed by atoms with E-state index in [2.05, 4.69) is 15.9 Å². The predicted molar refractivity (Wildman–Crippen MR) is 116 cm³/mol. The Morgan fingerprint density at radius 1 is 1.00 bits per heavy atom. The predicted octanol–water partition coefficient (Wildman–Crippen LogP) is 5.60. The largest absolute Gasteiger partial charge is 0.497 e. The molecule has 0 bridgehead atoms. The molecule has 0 radical (unpaired) electrons. The third-order valence-electron chi connectivity index (χ3n) is 4.73. The molecule has 0 amide bonds. The van der Waals surface area contributed by atoms with Crippen LogP contribution in [0.25, 0.3) is 6.08 Å². The minimum atomic E-state index is -0.504. The molecule has 1 aliphatic heterocycles. The Bertz CT molecular complexity index is 1160. The summed E-state index contributed by atoms with van der Waals surface area (Å²) in [5.41, 5.74) is 2.27. The quantitative estimate of drug-likeness (QED) is 0.285. The maximum Gasteiger partial charge on any atom is 0.343 e. The number of carbonyl (C=O) groups excluding carboxylic acids is 2. The monoisotopic (exact) mass is 464 g/mol. The van der Waals surface area contributed by atoms with E-state index in [0.29, 0.717) is 33.9 Å². The molecule has 0 aliphatic carbocycles. The fourth-order valence-electron chi connectivity index (χ4n) is 3.07. The number of benzene rings is 3. The number of esters is 1. The zero-order valence-corrected chi connectivity index (χ0v) is 17.9. The molecule has 0 atom stereocenters. The van der Waals surface area contributed by atoms with E-state index in [1.165, 1.54) is 0 Å². The number of ketones is 1. The molecule has 3 aromatic carbocycles. The second-order valence-corrected chi connectivity index (χ2v) is 7.59. The first-order valence-corrected chi connectivity index (χ1v) is 9.95. The van der Waals surface area contributed by atoms with Gasteiger partial charge in [-0.15, -0.1) is 0 Å². The van der Waals surface area contributed by atoms with Crippen molar-refractivity contribution in [2.24, 2.45) is 0 Å². The highest BCUT2D eigenvalue weighted by molar-refractivity contribution is 9.10. The summed E-state index contributed by atoms with van der Waals surface area (Å²) in [6, 6.07) is 17.4. The Balaban J connectivity index is 1.58. The molecule has 3 aromatic rings. The van der Waals surface area contributed by atoms with Crippen LogP contribution in [-0.4, -0.2) is 18.9 Å². The van der Waals surface area contributed by atoms with Crippen LogP contribution in [0.5, 0.6) is 17.2 Å². The lowest BCUT2D eigenvalue weighted by atomic mass is 10.1. The maximum absolute atomic E-state index is 12.7. The average molecular weight is 465 g/mol. The summed E-state index contributed by atoms with van der Waals surface area (Å²) in [5.74, 6) is 0.918. The van der Waals surface area contributed by atoms with E-state index in [9.17, 15) is 9.59 Å². The Morgan fingerprint density at radius 2 is 1.70 bits per heavy atom. The second kappa shape index (κ2) is 8.16. The van der Waals surface area contributed by atoms with Crippen molar-refractivity contribution >= 4 is 33.8 Å². The molecule has 150 valence electrons. The minimum Gasteiger partial charge on any atom is -0.497 e. The van der Waals surface area contributed by atoms with Gasteiger partial charge in [-0.25, -0.2) is 4.79 Å². The van der Waals surface area contributed by atoms with Gasteiger partial charge in [-0.1, -0.05) is 28.1 Å². The number of fused-ring (bicyclic) bond motifs is 1. The van der Waals surface area contributed by atoms with Crippen LogP contribution in [-0.2, 0) is 0 Å². The number of ether oxygens (including phenoxy) is 3. The van der Waals surface area contributed by atoms with E-state index in [4.69, 9.17) is 14.2 Å². The zero-order valence-electron chi connectivity index (χ0n) is 16.3. The van der Waals surface area contributed by atoms with Gasteiger partial charge in [0.15, 0.2) is 5.76 Å². The summed E-state index contributed by atoms with van der Waals surface area (Å²) in [6.45, 7) is 1.76. The number of halogens is 1. The molecule has 5 nitrogen and oxygen atoms in total. The van der Waals surface area contributed by atoms with Crippen molar-refractivity contribution in [1.29, 1.82) is 0 Å². The van der Waals surface area contributed by atoms with E-state index in [-0.39, 0.29) is 11.5 Å². The minimum absolute atomic E-state index is 0.205. The summed E-state index contributed by atoms with van der Waals surface area (Å²) in [4.78, 5) is 25.2. The van der Waals surface area contributed by atoms with Gasteiger partial charge in [0.1, 0.15) is 17.2 Å². The van der Waals surface area contributed by atoms with Crippen LogP contribution in [0.15, 0.2) is 70.9 Å². The Labute approximate surface area is 182 Å². The molecule has 0 unspecified atom stereocenters. The molecule has 4 rings (SSSR count). The molecule has 6 heteroatoms. The van der Waals surface area contributed by atoms with Crippen molar-refractivity contribution in [2.75, 3.05) is 7.11 Å². The third kappa shape index (κ3) is 3.86. The number of Topliss-reactive ketones (excluding diaryl/α,β-unsaturated/α-hetero) is 1. The number of allylic oxidation sites excluding steroid dienone is 1. The van der Waals surface area contributed by atoms with Gasteiger partial charge in [-0.3, -0.25) is 4.79 Å². The first-order valence-electron chi connectivity index (χ1n) is 9.16. The summed E-state index contributed by atoms with van der Waals surface area (Å²) in [7, 11) is 1.56. The summed E-state index contributed by atoms with van der Waals surface area (Å²) >= 11 is 3.39. The fraction of sp³-hybridized carbons (Fsp3) is 0.0833. The first-order chi connectivity index (χ1) is 14.5. The van der Waals surface area contributed by atoms with Crippen LogP contribution in [0.1, 0.15) is 31.8 Å². The van der Waals surface area contributed by atoms with E-state index >= 15 is 0 Å². The lowest BCUT2D eigenvalue weighted by molar-refractivity contribution is 0.0733. The van der Waals surface area contributed by atoms with E-state index in [1.54, 1.807) is 56.5 Å². The van der Waals surface area contributed by atoms with Crippen LogP contribution < -0.4 is 14.2 Å². The highest BCUT2D eigenvalue weighted by Gasteiger charge is 2.30.